The van der Waals surface area contributed by atoms with Gasteiger partial charge in [0.2, 0.25) is 11.1 Å². The van der Waals surface area contributed by atoms with Crippen LogP contribution in [0.1, 0.15) is 32.0 Å². The standard InChI is InChI=1S/C11H19N5OS/c1-3-4-5-9-13-14-11(16(9)12)18-8-6-7-15(2)10(8)17/h8H,3-7,12H2,1-2H3. The summed E-state index contributed by atoms with van der Waals surface area (Å²) in [4.78, 5) is 13.5. The second kappa shape index (κ2) is 5.60. The van der Waals surface area contributed by atoms with Gasteiger partial charge in [0, 0.05) is 20.0 Å². The van der Waals surface area contributed by atoms with E-state index in [-0.39, 0.29) is 11.2 Å². The van der Waals surface area contributed by atoms with Gasteiger partial charge in [-0.1, -0.05) is 25.1 Å². The number of aryl methyl sites for hydroxylation is 1. The molecule has 18 heavy (non-hydrogen) atoms. The van der Waals surface area contributed by atoms with E-state index in [1.165, 1.54) is 16.4 Å². The first-order valence-electron chi connectivity index (χ1n) is 6.24. The Hall–Kier alpha value is -1.24. The number of nitrogens with two attached hydrogens (primary N) is 1. The Morgan fingerprint density at radius 3 is 2.89 bits per heavy atom. The average molecular weight is 269 g/mol. The zero-order valence-electron chi connectivity index (χ0n) is 10.8. The number of carbonyl (C=O) groups is 1. The lowest BCUT2D eigenvalue weighted by atomic mass is 10.2. The lowest BCUT2D eigenvalue weighted by Crippen LogP contribution is -2.24. The minimum absolute atomic E-state index is 0.0690. The number of carbonyl (C=O) groups excluding carboxylic acids is 1. The summed E-state index contributed by atoms with van der Waals surface area (Å²) < 4.78 is 1.52. The van der Waals surface area contributed by atoms with Crippen LogP contribution in [0.25, 0.3) is 0 Å². The normalized spacial score (nSPS) is 19.8. The summed E-state index contributed by atoms with van der Waals surface area (Å²) in [5.74, 6) is 6.89. The number of amides is 1. The minimum Gasteiger partial charge on any atom is -0.345 e. The fourth-order valence-electron chi connectivity index (χ4n) is 1.92. The highest BCUT2D eigenvalue weighted by molar-refractivity contribution is 8.00. The van der Waals surface area contributed by atoms with Gasteiger partial charge in [-0.15, -0.1) is 10.2 Å². The van der Waals surface area contributed by atoms with Crippen LogP contribution in [0.4, 0.5) is 0 Å². The zero-order chi connectivity index (χ0) is 13.1. The largest absolute Gasteiger partial charge is 0.345 e. The second-order valence-corrected chi connectivity index (χ2v) is 5.70. The van der Waals surface area contributed by atoms with E-state index in [9.17, 15) is 4.79 Å². The molecule has 2 heterocycles. The molecule has 1 aliphatic heterocycles. The number of hydrogen-bond donors (Lipinski definition) is 1. The van der Waals surface area contributed by atoms with Crippen molar-refractivity contribution < 1.29 is 4.79 Å². The molecule has 6 nitrogen and oxygen atoms in total. The number of thioether (sulfide) groups is 1. The van der Waals surface area contributed by atoms with E-state index in [0.29, 0.717) is 5.16 Å². The molecule has 1 unspecified atom stereocenters. The fraction of sp³-hybridized carbons (Fsp3) is 0.727. The number of nitrogen functional groups attached to an aromatic ring is 1. The molecule has 1 fully saturated rings. The average Bonchev–Trinajstić information content (AvgIpc) is 2.86. The van der Waals surface area contributed by atoms with Gasteiger partial charge in [0.1, 0.15) is 0 Å². The summed E-state index contributed by atoms with van der Waals surface area (Å²) in [6.07, 6.45) is 3.82. The highest BCUT2D eigenvalue weighted by Crippen LogP contribution is 2.28. The van der Waals surface area contributed by atoms with E-state index in [4.69, 9.17) is 5.84 Å². The Morgan fingerprint density at radius 1 is 1.50 bits per heavy atom. The Balaban J connectivity index is 2.02. The van der Waals surface area contributed by atoms with E-state index >= 15 is 0 Å². The molecule has 1 aromatic rings. The Kier molecular flexibility index (Phi) is 4.11. The molecule has 2 N–H and O–H groups in total. The molecule has 0 aromatic carbocycles. The van der Waals surface area contributed by atoms with E-state index in [0.717, 1.165) is 38.1 Å². The third-order valence-electron chi connectivity index (χ3n) is 3.12. The maximum atomic E-state index is 11.8. The van der Waals surface area contributed by atoms with Gasteiger partial charge in [0.15, 0.2) is 5.82 Å². The summed E-state index contributed by atoms with van der Waals surface area (Å²) in [6, 6.07) is 0. The topological polar surface area (TPSA) is 77.0 Å². The van der Waals surface area contributed by atoms with Crippen molar-refractivity contribution in [2.45, 2.75) is 43.0 Å². The Labute approximate surface area is 111 Å². The summed E-state index contributed by atoms with van der Waals surface area (Å²) in [5, 5.41) is 8.72. The van der Waals surface area contributed by atoms with Crippen LogP contribution >= 0.6 is 11.8 Å². The second-order valence-electron chi connectivity index (χ2n) is 4.53. The van der Waals surface area contributed by atoms with E-state index in [1.54, 1.807) is 4.90 Å². The Bertz CT molecular complexity index is 433. The van der Waals surface area contributed by atoms with Crippen molar-refractivity contribution >= 4 is 17.7 Å². The van der Waals surface area contributed by atoms with Crippen molar-refractivity contribution in [3.63, 3.8) is 0 Å². The maximum absolute atomic E-state index is 11.8. The van der Waals surface area contributed by atoms with Crippen LogP contribution in [-0.2, 0) is 11.2 Å². The van der Waals surface area contributed by atoms with Crippen LogP contribution in [-0.4, -0.2) is 44.5 Å². The first-order valence-corrected chi connectivity index (χ1v) is 7.12. The molecule has 0 bridgehead atoms. The van der Waals surface area contributed by atoms with Gasteiger partial charge >= 0.3 is 0 Å². The molecule has 2 rings (SSSR count). The smallest absolute Gasteiger partial charge is 0.235 e. The predicted octanol–water partition coefficient (Wildman–Crippen LogP) is 0.657. The molecule has 0 radical (unpaired) electrons. The SMILES string of the molecule is CCCCc1nnc(SC2CCN(C)C2=O)n1N. The van der Waals surface area contributed by atoms with Crippen molar-refractivity contribution in [3.05, 3.63) is 5.82 Å². The number of unbranched alkanes of at least 4 members (excludes halogenated alkanes) is 1. The third kappa shape index (κ3) is 2.60. The lowest BCUT2D eigenvalue weighted by molar-refractivity contribution is -0.126. The quantitative estimate of drug-likeness (QED) is 0.794. The zero-order valence-corrected chi connectivity index (χ0v) is 11.6. The molecule has 7 heteroatoms. The summed E-state index contributed by atoms with van der Waals surface area (Å²) in [6.45, 7) is 2.93. The highest BCUT2D eigenvalue weighted by Gasteiger charge is 2.31. The van der Waals surface area contributed by atoms with Gasteiger partial charge in [-0.2, -0.15) is 0 Å². The van der Waals surface area contributed by atoms with Crippen LogP contribution in [0.2, 0.25) is 0 Å². The number of hydrogen-bond acceptors (Lipinski definition) is 5. The maximum Gasteiger partial charge on any atom is 0.235 e. The van der Waals surface area contributed by atoms with E-state index in [1.807, 2.05) is 7.05 Å². The van der Waals surface area contributed by atoms with Crippen LogP contribution < -0.4 is 5.84 Å². The number of aromatic nitrogens is 3. The van der Waals surface area contributed by atoms with Gasteiger partial charge in [-0.3, -0.25) is 4.79 Å². The van der Waals surface area contributed by atoms with E-state index < -0.39 is 0 Å². The summed E-state index contributed by atoms with van der Waals surface area (Å²) in [5.41, 5.74) is 0. The van der Waals surface area contributed by atoms with Crippen LogP contribution in [0, 0.1) is 0 Å². The van der Waals surface area contributed by atoms with E-state index in [2.05, 4.69) is 17.1 Å². The predicted molar refractivity (Wildman–Crippen MR) is 70.7 cm³/mol. The van der Waals surface area contributed by atoms with Gasteiger partial charge in [0.05, 0.1) is 5.25 Å². The fourth-order valence-corrected chi connectivity index (χ4v) is 2.99. The number of likely N-dealkylation sites (tertiary alicyclic amines) is 1. The van der Waals surface area contributed by atoms with Crippen LogP contribution in [0.3, 0.4) is 0 Å². The third-order valence-corrected chi connectivity index (χ3v) is 4.33. The molecular formula is C11H19N5OS. The van der Waals surface area contributed by atoms with Crippen molar-refractivity contribution in [2.24, 2.45) is 0 Å². The van der Waals surface area contributed by atoms with Crippen LogP contribution in [0.15, 0.2) is 5.16 Å². The monoisotopic (exact) mass is 269 g/mol. The van der Waals surface area contributed by atoms with Crippen molar-refractivity contribution in [3.8, 4) is 0 Å². The first kappa shape index (κ1) is 13.2. The Morgan fingerprint density at radius 2 is 2.28 bits per heavy atom. The first-order chi connectivity index (χ1) is 8.63. The molecule has 0 aliphatic carbocycles. The van der Waals surface area contributed by atoms with Gasteiger partial charge in [-0.25, -0.2) is 4.68 Å². The number of rotatable bonds is 5. The highest BCUT2D eigenvalue weighted by atomic mass is 32.2. The lowest BCUT2D eigenvalue weighted by Gasteiger charge is -2.09. The van der Waals surface area contributed by atoms with Gasteiger partial charge in [0.25, 0.3) is 0 Å². The summed E-state index contributed by atoms with van der Waals surface area (Å²) >= 11 is 1.42. The molecule has 1 aromatic heterocycles. The molecule has 100 valence electrons. The molecule has 1 atom stereocenters. The number of nitrogens with zero attached hydrogens (tertiary/aromatic N) is 4. The van der Waals surface area contributed by atoms with Crippen molar-refractivity contribution in [1.29, 1.82) is 0 Å². The minimum atomic E-state index is -0.0690. The van der Waals surface area contributed by atoms with Gasteiger partial charge < -0.3 is 10.7 Å². The van der Waals surface area contributed by atoms with Gasteiger partial charge in [-0.05, 0) is 12.8 Å². The van der Waals surface area contributed by atoms with Crippen LogP contribution in [0.5, 0.6) is 0 Å². The van der Waals surface area contributed by atoms with Crippen molar-refractivity contribution in [1.82, 2.24) is 19.8 Å². The molecule has 1 saturated heterocycles. The molecule has 1 aliphatic rings. The van der Waals surface area contributed by atoms with Crippen molar-refractivity contribution in [2.75, 3.05) is 19.4 Å². The molecular weight excluding hydrogens is 250 g/mol. The molecule has 1 amide bonds. The molecule has 0 spiro atoms. The molecule has 0 saturated carbocycles. The summed E-state index contributed by atoms with van der Waals surface area (Å²) in [7, 11) is 1.82.